The Morgan fingerprint density at radius 2 is 2.47 bits per heavy atom. The Labute approximate surface area is 90.6 Å². The van der Waals surface area contributed by atoms with Crippen LogP contribution in [0.4, 0.5) is 0 Å². The molecule has 2 fully saturated rings. The van der Waals surface area contributed by atoms with E-state index in [9.17, 15) is 9.90 Å². The summed E-state index contributed by atoms with van der Waals surface area (Å²) in [4.78, 5) is 14.2. The molecule has 4 nitrogen and oxygen atoms in total. The topological polar surface area (TPSA) is 52.6 Å². The van der Waals surface area contributed by atoms with Crippen LogP contribution >= 0.6 is 0 Å². The first-order valence-corrected chi connectivity index (χ1v) is 5.80. The molecule has 0 aromatic rings. The molecule has 2 aliphatic rings. The zero-order chi connectivity index (χ0) is 10.9. The monoisotopic (exact) mass is 212 g/mol. The number of aliphatic hydroxyl groups excluding tert-OH is 1. The van der Waals surface area contributed by atoms with Crippen molar-refractivity contribution in [1.82, 2.24) is 10.2 Å². The van der Waals surface area contributed by atoms with Gasteiger partial charge in [0.1, 0.15) is 0 Å². The fourth-order valence-corrected chi connectivity index (χ4v) is 2.64. The van der Waals surface area contributed by atoms with Gasteiger partial charge in [0.25, 0.3) is 0 Å². The van der Waals surface area contributed by atoms with Crippen molar-refractivity contribution in [2.75, 3.05) is 26.2 Å². The highest BCUT2D eigenvalue weighted by Crippen LogP contribution is 2.30. The van der Waals surface area contributed by atoms with Crippen LogP contribution in [-0.4, -0.2) is 48.2 Å². The van der Waals surface area contributed by atoms with Crippen LogP contribution in [-0.2, 0) is 4.79 Å². The molecule has 0 spiro atoms. The van der Waals surface area contributed by atoms with Gasteiger partial charge in [0.15, 0.2) is 0 Å². The number of carbonyl (C=O) groups excluding carboxylic acids is 1. The molecule has 2 heterocycles. The summed E-state index contributed by atoms with van der Waals surface area (Å²) < 4.78 is 0. The second-order valence-corrected chi connectivity index (χ2v) is 4.96. The molecule has 4 heteroatoms. The Kier molecular flexibility index (Phi) is 2.98. The summed E-state index contributed by atoms with van der Waals surface area (Å²) in [6.45, 7) is 4.66. The molecule has 86 valence electrons. The minimum Gasteiger partial charge on any atom is -0.394 e. The highest BCUT2D eigenvalue weighted by atomic mass is 16.3. The van der Waals surface area contributed by atoms with Crippen LogP contribution in [0, 0.1) is 5.41 Å². The normalized spacial score (nSPS) is 36.1. The van der Waals surface area contributed by atoms with Gasteiger partial charge < -0.3 is 15.3 Å². The van der Waals surface area contributed by atoms with E-state index in [1.54, 1.807) is 0 Å². The molecule has 2 atom stereocenters. The summed E-state index contributed by atoms with van der Waals surface area (Å²) in [6, 6.07) is 0.0647. The summed E-state index contributed by atoms with van der Waals surface area (Å²) in [5.74, 6) is 0.226. The minimum atomic E-state index is -0.238. The van der Waals surface area contributed by atoms with E-state index in [1.165, 1.54) is 0 Å². The first-order chi connectivity index (χ1) is 7.17. The molecule has 1 amide bonds. The van der Waals surface area contributed by atoms with Crippen LogP contribution < -0.4 is 5.32 Å². The zero-order valence-electron chi connectivity index (χ0n) is 9.33. The Morgan fingerprint density at radius 3 is 3.07 bits per heavy atom. The molecule has 2 saturated heterocycles. The number of likely N-dealkylation sites (tertiary alicyclic amines) is 1. The van der Waals surface area contributed by atoms with Crippen molar-refractivity contribution in [2.45, 2.75) is 32.2 Å². The van der Waals surface area contributed by atoms with Gasteiger partial charge in [-0.05, 0) is 32.7 Å². The second-order valence-electron chi connectivity index (χ2n) is 4.96. The SMILES string of the molecule is CC1(C(=O)N2CCCC2CO)CCNC1. The Morgan fingerprint density at radius 1 is 1.67 bits per heavy atom. The molecular formula is C11H20N2O2. The molecule has 15 heavy (non-hydrogen) atoms. The van der Waals surface area contributed by atoms with E-state index in [-0.39, 0.29) is 24.0 Å². The summed E-state index contributed by atoms with van der Waals surface area (Å²) in [5.41, 5.74) is -0.238. The van der Waals surface area contributed by atoms with E-state index < -0.39 is 0 Å². The molecule has 2 unspecified atom stereocenters. The number of rotatable bonds is 2. The predicted molar refractivity (Wildman–Crippen MR) is 57.4 cm³/mol. The molecule has 0 bridgehead atoms. The van der Waals surface area contributed by atoms with Crippen LogP contribution in [0.1, 0.15) is 26.2 Å². The van der Waals surface area contributed by atoms with Gasteiger partial charge in [0.05, 0.1) is 18.1 Å². The third-order valence-electron chi connectivity index (χ3n) is 3.73. The molecule has 2 N–H and O–H groups in total. The molecule has 2 aliphatic heterocycles. The van der Waals surface area contributed by atoms with Gasteiger partial charge >= 0.3 is 0 Å². The average Bonchev–Trinajstić information content (AvgIpc) is 2.85. The first-order valence-electron chi connectivity index (χ1n) is 5.80. The lowest BCUT2D eigenvalue weighted by Crippen LogP contribution is -2.46. The van der Waals surface area contributed by atoms with E-state index in [2.05, 4.69) is 5.32 Å². The maximum Gasteiger partial charge on any atom is 0.230 e. The van der Waals surface area contributed by atoms with Crippen molar-refractivity contribution < 1.29 is 9.90 Å². The highest BCUT2D eigenvalue weighted by molar-refractivity contribution is 5.83. The van der Waals surface area contributed by atoms with Gasteiger partial charge in [-0.3, -0.25) is 4.79 Å². The lowest BCUT2D eigenvalue weighted by atomic mass is 9.88. The fraction of sp³-hybridized carbons (Fsp3) is 0.909. The maximum atomic E-state index is 12.3. The van der Waals surface area contributed by atoms with E-state index in [0.717, 1.165) is 38.9 Å². The molecule has 2 rings (SSSR count). The zero-order valence-corrected chi connectivity index (χ0v) is 9.33. The number of amides is 1. The van der Waals surface area contributed by atoms with Gasteiger partial charge in [-0.1, -0.05) is 0 Å². The van der Waals surface area contributed by atoms with Crippen LogP contribution in [0.5, 0.6) is 0 Å². The Balaban J connectivity index is 2.06. The van der Waals surface area contributed by atoms with Crippen LogP contribution in [0.3, 0.4) is 0 Å². The molecule has 0 saturated carbocycles. The number of nitrogens with one attached hydrogen (secondary N) is 1. The maximum absolute atomic E-state index is 12.3. The summed E-state index contributed by atoms with van der Waals surface area (Å²) in [7, 11) is 0. The van der Waals surface area contributed by atoms with Crippen molar-refractivity contribution in [3.8, 4) is 0 Å². The predicted octanol–water partition coefficient (Wildman–Crippen LogP) is -0.0307. The van der Waals surface area contributed by atoms with E-state index >= 15 is 0 Å². The van der Waals surface area contributed by atoms with Gasteiger partial charge in [0, 0.05) is 13.1 Å². The quantitative estimate of drug-likeness (QED) is 0.676. The summed E-state index contributed by atoms with van der Waals surface area (Å²) in [5, 5.41) is 12.4. The van der Waals surface area contributed by atoms with Gasteiger partial charge in [-0.2, -0.15) is 0 Å². The average molecular weight is 212 g/mol. The van der Waals surface area contributed by atoms with Gasteiger partial charge in [-0.15, -0.1) is 0 Å². The Bertz CT molecular complexity index is 249. The van der Waals surface area contributed by atoms with E-state index in [4.69, 9.17) is 0 Å². The van der Waals surface area contributed by atoms with E-state index in [0.29, 0.717) is 0 Å². The van der Waals surface area contributed by atoms with Crippen LogP contribution in [0.25, 0.3) is 0 Å². The van der Waals surface area contributed by atoms with Gasteiger partial charge in [0.2, 0.25) is 5.91 Å². The first kappa shape index (κ1) is 10.9. The van der Waals surface area contributed by atoms with Crippen LogP contribution in [0.15, 0.2) is 0 Å². The van der Waals surface area contributed by atoms with Crippen molar-refractivity contribution >= 4 is 5.91 Å². The largest absolute Gasteiger partial charge is 0.394 e. The van der Waals surface area contributed by atoms with Crippen molar-refractivity contribution in [2.24, 2.45) is 5.41 Å². The lowest BCUT2D eigenvalue weighted by molar-refractivity contribution is -0.141. The molecular weight excluding hydrogens is 192 g/mol. The summed E-state index contributed by atoms with van der Waals surface area (Å²) in [6.07, 6.45) is 2.90. The Hall–Kier alpha value is -0.610. The number of aliphatic hydroxyl groups is 1. The van der Waals surface area contributed by atoms with Crippen molar-refractivity contribution in [3.63, 3.8) is 0 Å². The summed E-state index contributed by atoms with van der Waals surface area (Å²) >= 11 is 0. The third kappa shape index (κ3) is 1.88. The molecule has 0 aromatic heterocycles. The van der Waals surface area contributed by atoms with Crippen molar-refractivity contribution in [3.05, 3.63) is 0 Å². The van der Waals surface area contributed by atoms with E-state index in [1.807, 2.05) is 11.8 Å². The standard InChI is InChI=1S/C11H20N2O2/c1-11(4-5-12-8-11)10(15)13-6-2-3-9(13)7-14/h9,12,14H,2-8H2,1H3. The second kappa shape index (κ2) is 4.10. The van der Waals surface area contributed by atoms with Gasteiger partial charge in [-0.25, -0.2) is 0 Å². The third-order valence-corrected chi connectivity index (χ3v) is 3.73. The van der Waals surface area contributed by atoms with Crippen molar-refractivity contribution in [1.29, 1.82) is 0 Å². The number of hydrogen-bond acceptors (Lipinski definition) is 3. The molecule has 0 aliphatic carbocycles. The highest BCUT2D eigenvalue weighted by Gasteiger charge is 2.42. The number of hydrogen-bond donors (Lipinski definition) is 2. The molecule has 0 aromatic carbocycles. The fourth-order valence-electron chi connectivity index (χ4n) is 2.64. The molecule has 0 radical (unpaired) electrons. The minimum absolute atomic E-state index is 0.0647. The number of carbonyl (C=O) groups is 1. The van der Waals surface area contributed by atoms with Crippen LogP contribution in [0.2, 0.25) is 0 Å². The number of nitrogens with zero attached hydrogens (tertiary/aromatic N) is 1. The smallest absolute Gasteiger partial charge is 0.230 e. The lowest BCUT2D eigenvalue weighted by Gasteiger charge is -2.31.